The fourth-order valence-corrected chi connectivity index (χ4v) is 0.816. The summed E-state index contributed by atoms with van der Waals surface area (Å²) in [5, 5.41) is 0. The van der Waals surface area contributed by atoms with Gasteiger partial charge in [-0.2, -0.15) is 0 Å². The Morgan fingerprint density at radius 1 is 1.78 bits per heavy atom. The van der Waals surface area contributed by atoms with Crippen molar-refractivity contribution in [3.63, 3.8) is 0 Å². The smallest absolute Gasteiger partial charge is 0.394 e. The third kappa shape index (κ3) is 1.65. The Labute approximate surface area is 59.7 Å². The molecule has 5 heteroatoms. The Morgan fingerprint density at radius 3 is 3.00 bits per heavy atom. The van der Waals surface area contributed by atoms with Crippen LogP contribution in [0.2, 0.25) is 0 Å². The summed E-state index contributed by atoms with van der Waals surface area (Å²) >= 11 is 5.93. The zero-order valence-electron chi connectivity index (χ0n) is 4.20. The van der Waals surface area contributed by atoms with Crippen molar-refractivity contribution in [2.75, 3.05) is 0 Å². The number of hydrogen-bond acceptors (Lipinski definition) is 4. The van der Waals surface area contributed by atoms with E-state index in [0.29, 0.717) is 0 Å². The second-order valence-corrected chi connectivity index (χ2v) is 2.12. The molecule has 48 valence electrons. The van der Waals surface area contributed by atoms with Crippen LogP contribution in [0.15, 0.2) is 14.7 Å². The molecule has 0 saturated carbocycles. The SMILES string of the molecule is O=c1oc(C=CCl)ns1. The molecule has 0 fully saturated rings. The summed E-state index contributed by atoms with van der Waals surface area (Å²) in [5.74, 6) is 0.250. The minimum Gasteiger partial charge on any atom is -0.394 e. The highest BCUT2D eigenvalue weighted by atomic mass is 35.5. The highest BCUT2D eigenvalue weighted by Gasteiger charge is 1.93. The van der Waals surface area contributed by atoms with Crippen molar-refractivity contribution in [3.05, 3.63) is 21.2 Å². The first-order valence-corrected chi connectivity index (χ1v) is 3.27. The molecule has 0 aliphatic carbocycles. The molecule has 0 atom stereocenters. The summed E-state index contributed by atoms with van der Waals surface area (Å²) in [6.07, 6.45) is 1.40. The third-order valence-corrected chi connectivity index (χ3v) is 1.23. The lowest BCUT2D eigenvalue weighted by Crippen LogP contribution is -1.80. The van der Waals surface area contributed by atoms with E-state index >= 15 is 0 Å². The quantitative estimate of drug-likeness (QED) is 0.627. The van der Waals surface area contributed by atoms with Gasteiger partial charge in [0.1, 0.15) is 0 Å². The lowest BCUT2D eigenvalue weighted by Gasteiger charge is -1.71. The molecule has 0 aliphatic rings. The molecule has 0 aromatic carbocycles. The van der Waals surface area contributed by atoms with Gasteiger partial charge in [0.05, 0.1) is 11.5 Å². The van der Waals surface area contributed by atoms with Crippen molar-refractivity contribution >= 4 is 29.2 Å². The van der Waals surface area contributed by atoms with Crippen molar-refractivity contribution in [3.8, 4) is 0 Å². The highest BCUT2D eigenvalue weighted by Crippen LogP contribution is 1.96. The molecule has 1 rings (SSSR count). The van der Waals surface area contributed by atoms with Crippen molar-refractivity contribution in [2.45, 2.75) is 0 Å². The third-order valence-electron chi connectivity index (χ3n) is 0.604. The van der Waals surface area contributed by atoms with Gasteiger partial charge < -0.3 is 4.42 Å². The summed E-state index contributed by atoms with van der Waals surface area (Å²) in [7, 11) is 0. The maximum atomic E-state index is 10.3. The Bertz CT molecular complexity index is 264. The van der Waals surface area contributed by atoms with Gasteiger partial charge in [0.15, 0.2) is 0 Å². The molecule has 0 N–H and O–H groups in total. The van der Waals surface area contributed by atoms with Crippen LogP contribution in [-0.4, -0.2) is 4.37 Å². The number of hydrogen-bond donors (Lipinski definition) is 0. The van der Waals surface area contributed by atoms with Gasteiger partial charge in [-0.25, -0.2) is 4.79 Å². The monoisotopic (exact) mass is 163 g/mol. The van der Waals surface area contributed by atoms with Crippen LogP contribution in [0.5, 0.6) is 0 Å². The van der Waals surface area contributed by atoms with Crippen molar-refractivity contribution < 1.29 is 4.42 Å². The molecule has 0 amide bonds. The molecule has 0 unspecified atom stereocenters. The van der Waals surface area contributed by atoms with Gasteiger partial charge in [0.25, 0.3) is 0 Å². The van der Waals surface area contributed by atoms with Crippen molar-refractivity contribution in [1.29, 1.82) is 0 Å². The average Bonchev–Trinajstić information content (AvgIpc) is 2.17. The largest absolute Gasteiger partial charge is 0.414 e. The molecule has 0 aliphatic heterocycles. The van der Waals surface area contributed by atoms with E-state index in [4.69, 9.17) is 11.6 Å². The minimum atomic E-state index is -0.417. The maximum absolute atomic E-state index is 10.3. The first-order chi connectivity index (χ1) is 4.33. The van der Waals surface area contributed by atoms with Crippen LogP contribution < -0.4 is 4.94 Å². The lowest BCUT2D eigenvalue weighted by atomic mass is 10.7. The van der Waals surface area contributed by atoms with Crippen LogP contribution in [-0.2, 0) is 0 Å². The van der Waals surface area contributed by atoms with E-state index < -0.39 is 4.94 Å². The van der Waals surface area contributed by atoms with Crippen LogP contribution in [0.25, 0.3) is 6.08 Å². The molecule has 1 aromatic heterocycles. The molecule has 0 radical (unpaired) electrons. The van der Waals surface area contributed by atoms with E-state index in [9.17, 15) is 4.79 Å². The predicted molar refractivity (Wildman–Crippen MR) is 35.5 cm³/mol. The molecule has 9 heavy (non-hydrogen) atoms. The summed E-state index contributed by atoms with van der Waals surface area (Å²) in [4.78, 5) is 9.86. The van der Waals surface area contributed by atoms with Gasteiger partial charge in [-0.3, -0.25) is 0 Å². The van der Waals surface area contributed by atoms with Gasteiger partial charge in [-0.05, 0) is 0 Å². The normalized spacial score (nSPS) is 10.8. The summed E-state index contributed by atoms with van der Waals surface area (Å²) < 4.78 is 8.10. The molecule has 0 spiro atoms. The van der Waals surface area contributed by atoms with Crippen LogP contribution in [0.3, 0.4) is 0 Å². The van der Waals surface area contributed by atoms with E-state index in [2.05, 4.69) is 8.79 Å². The Morgan fingerprint density at radius 2 is 2.56 bits per heavy atom. The van der Waals surface area contributed by atoms with Gasteiger partial charge in [-0.1, -0.05) is 11.6 Å². The van der Waals surface area contributed by atoms with E-state index in [-0.39, 0.29) is 5.89 Å². The number of halogens is 1. The van der Waals surface area contributed by atoms with E-state index in [1.54, 1.807) is 0 Å². The molecule has 0 saturated heterocycles. The van der Waals surface area contributed by atoms with E-state index in [1.807, 2.05) is 0 Å². The molecular formula is C4H2ClNO2S. The standard InChI is InChI=1S/C4H2ClNO2S/c5-2-1-3-6-9-4(7)8-3/h1-2H. The number of rotatable bonds is 1. The first kappa shape index (κ1) is 6.51. The molecule has 0 bridgehead atoms. The van der Waals surface area contributed by atoms with E-state index in [0.717, 1.165) is 11.5 Å². The van der Waals surface area contributed by atoms with E-state index in [1.165, 1.54) is 11.6 Å². The molecule has 1 aromatic rings. The predicted octanol–water partition coefficient (Wildman–Crippen LogP) is 1.31. The molecule has 3 nitrogen and oxygen atoms in total. The van der Waals surface area contributed by atoms with Crippen molar-refractivity contribution in [2.24, 2.45) is 0 Å². The average molecular weight is 164 g/mol. The Kier molecular flexibility index (Phi) is 2.02. The lowest BCUT2D eigenvalue weighted by molar-refractivity contribution is 0.516. The second-order valence-electron chi connectivity index (χ2n) is 1.17. The minimum absolute atomic E-state index is 0.250. The summed E-state index contributed by atoms with van der Waals surface area (Å²) in [5.41, 5.74) is 1.23. The van der Waals surface area contributed by atoms with Gasteiger partial charge in [0, 0.05) is 11.6 Å². The topological polar surface area (TPSA) is 43.1 Å². The van der Waals surface area contributed by atoms with Gasteiger partial charge in [0.2, 0.25) is 5.89 Å². The first-order valence-electron chi connectivity index (χ1n) is 2.06. The number of aromatic nitrogens is 1. The fourth-order valence-electron chi connectivity index (χ4n) is 0.323. The zero-order chi connectivity index (χ0) is 6.69. The van der Waals surface area contributed by atoms with Gasteiger partial charge in [-0.15, -0.1) is 4.37 Å². The zero-order valence-corrected chi connectivity index (χ0v) is 5.78. The maximum Gasteiger partial charge on any atom is 0.414 e. The van der Waals surface area contributed by atoms with Gasteiger partial charge >= 0.3 is 4.94 Å². The Balaban J connectivity index is 2.98. The highest BCUT2D eigenvalue weighted by molar-refractivity contribution is 7.02. The van der Waals surface area contributed by atoms with Crippen LogP contribution in [0, 0.1) is 0 Å². The Hall–Kier alpha value is -0.610. The second kappa shape index (κ2) is 2.80. The number of nitrogens with zero attached hydrogens (tertiary/aromatic N) is 1. The summed E-state index contributed by atoms with van der Waals surface area (Å²) in [6, 6.07) is 0. The summed E-state index contributed by atoms with van der Waals surface area (Å²) in [6.45, 7) is 0. The van der Waals surface area contributed by atoms with Crippen molar-refractivity contribution in [1.82, 2.24) is 4.37 Å². The van der Waals surface area contributed by atoms with Crippen LogP contribution in [0.4, 0.5) is 0 Å². The van der Waals surface area contributed by atoms with Crippen LogP contribution >= 0.6 is 23.1 Å². The molecule has 1 heterocycles. The fraction of sp³-hybridized carbons (Fsp3) is 0. The van der Waals surface area contributed by atoms with Crippen LogP contribution in [0.1, 0.15) is 5.89 Å². The molecular weight excluding hydrogens is 162 g/mol.